The lowest BCUT2D eigenvalue weighted by atomic mass is 9.92. The second-order valence-corrected chi connectivity index (χ2v) is 10.4. The van der Waals surface area contributed by atoms with Gasteiger partial charge in [0.1, 0.15) is 21.9 Å². The fraction of sp³-hybridized carbons (Fsp3) is 0.474. The summed E-state index contributed by atoms with van der Waals surface area (Å²) in [4.78, 5) is 15.8. The SMILES string of the molecule is C#Cc1ccc(F)c([C@]2(C)C[S@](=O)(=NC3CC3)C(C)(C)C(NC(=O)O)=N2)c1. The Kier molecular flexibility index (Phi) is 4.55. The van der Waals surface area contributed by atoms with Crippen molar-refractivity contribution in [1.29, 1.82) is 0 Å². The third-order valence-electron chi connectivity index (χ3n) is 5.01. The zero-order chi connectivity index (χ0) is 20.0. The number of terminal acetylenes is 1. The smallest absolute Gasteiger partial charge is 0.410 e. The highest BCUT2D eigenvalue weighted by molar-refractivity contribution is 7.95. The van der Waals surface area contributed by atoms with E-state index in [1.807, 2.05) is 0 Å². The predicted molar refractivity (Wildman–Crippen MR) is 103 cm³/mol. The molecule has 144 valence electrons. The van der Waals surface area contributed by atoms with Gasteiger partial charge >= 0.3 is 6.09 Å². The van der Waals surface area contributed by atoms with Crippen LogP contribution in [0.15, 0.2) is 27.6 Å². The Morgan fingerprint density at radius 2 is 2.11 bits per heavy atom. The van der Waals surface area contributed by atoms with Crippen LogP contribution in [0.5, 0.6) is 0 Å². The van der Waals surface area contributed by atoms with Gasteiger partial charge in [0, 0.05) is 11.1 Å². The Bertz CT molecular complexity index is 998. The Hall–Kier alpha value is -2.40. The number of rotatable bonds is 2. The van der Waals surface area contributed by atoms with Gasteiger partial charge in [-0.25, -0.2) is 17.8 Å². The highest BCUT2D eigenvalue weighted by Crippen LogP contribution is 2.41. The fourth-order valence-corrected chi connectivity index (χ4v) is 5.93. The molecule has 0 saturated heterocycles. The van der Waals surface area contributed by atoms with Gasteiger partial charge in [-0.05, 0) is 51.8 Å². The summed E-state index contributed by atoms with van der Waals surface area (Å²) < 4.78 is 32.0. The Morgan fingerprint density at radius 3 is 2.67 bits per heavy atom. The molecule has 27 heavy (non-hydrogen) atoms. The number of nitrogens with zero attached hydrogens (tertiary/aromatic N) is 2. The van der Waals surface area contributed by atoms with Crippen LogP contribution in [0.1, 0.15) is 44.7 Å². The van der Waals surface area contributed by atoms with Gasteiger partial charge in [-0.3, -0.25) is 10.3 Å². The molecule has 8 heteroatoms. The summed E-state index contributed by atoms with van der Waals surface area (Å²) in [6.45, 7) is 4.94. The average Bonchev–Trinajstić information content (AvgIpc) is 3.36. The Balaban J connectivity index is 2.25. The monoisotopic (exact) mass is 391 g/mol. The molecule has 1 aliphatic heterocycles. The molecule has 6 nitrogen and oxygen atoms in total. The number of hydrogen-bond donors (Lipinski definition) is 2. The molecule has 0 radical (unpaired) electrons. The normalized spacial score (nSPS) is 29.4. The van der Waals surface area contributed by atoms with Crippen molar-refractivity contribution in [3.8, 4) is 12.3 Å². The Labute approximate surface area is 158 Å². The third-order valence-corrected chi connectivity index (χ3v) is 8.39. The molecule has 0 bridgehead atoms. The van der Waals surface area contributed by atoms with E-state index in [1.54, 1.807) is 20.8 Å². The molecule has 0 spiro atoms. The van der Waals surface area contributed by atoms with Gasteiger partial charge < -0.3 is 5.11 Å². The van der Waals surface area contributed by atoms with Crippen molar-refractivity contribution in [3.05, 3.63) is 35.1 Å². The number of hydrogen-bond acceptors (Lipinski definition) is 4. The van der Waals surface area contributed by atoms with Crippen molar-refractivity contribution in [2.45, 2.75) is 49.9 Å². The van der Waals surface area contributed by atoms with Crippen LogP contribution in [0.4, 0.5) is 9.18 Å². The first-order valence-electron chi connectivity index (χ1n) is 8.61. The molecular weight excluding hydrogens is 369 g/mol. The van der Waals surface area contributed by atoms with Gasteiger partial charge in [0.25, 0.3) is 0 Å². The van der Waals surface area contributed by atoms with E-state index in [-0.39, 0.29) is 23.2 Å². The largest absolute Gasteiger partial charge is 0.465 e. The van der Waals surface area contributed by atoms with Crippen LogP contribution < -0.4 is 5.32 Å². The van der Waals surface area contributed by atoms with Crippen molar-refractivity contribution in [2.75, 3.05) is 5.75 Å². The van der Waals surface area contributed by atoms with Gasteiger partial charge in [0.05, 0.1) is 21.5 Å². The second kappa shape index (κ2) is 6.34. The van der Waals surface area contributed by atoms with E-state index in [2.05, 4.69) is 20.6 Å². The van der Waals surface area contributed by atoms with Gasteiger partial charge in [0.15, 0.2) is 0 Å². The molecule has 1 aromatic carbocycles. The lowest BCUT2D eigenvalue weighted by molar-refractivity contribution is 0.199. The highest BCUT2D eigenvalue weighted by atomic mass is 32.2. The topological polar surface area (TPSA) is 91.1 Å². The molecule has 1 aliphatic carbocycles. The number of aliphatic imine (C=N–C) groups is 1. The van der Waals surface area contributed by atoms with Gasteiger partial charge in [-0.1, -0.05) is 5.92 Å². The minimum absolute atomic E-state index is 0.00732. The first-order valence-corrected chi connectivity index (χ1v) is 10.3. The lowest BCUT2D eigenvalue weighted by Gasteiger charge is -2.41. The van der Waals surface area contributed by atoms with Crippen LogP contribution in [0.25, 0.3) is 0 Å². The summed E-state index contributed by atoms with van der Waals surface area (Å²) in [7, 11) is -2.94. The summed E-state index contributed by atoms with van der Waals surface area (Å²) in [6, 6.07) is 4.20. The average molecular weight is 391 g/mol. The van der Waals surface area contributed by atoms with Crippen LogP contribution in [0.2, 0.25) is 0 Å². The van der Waals surface area contributed by atoms with Crippen LogP contribution >= 0.6 is 0 Å². The van der Waals surface area contributed by atoms with Crippen LogP contribution in [0.3, 0.4) is 0 Å². The molecule has 1 amide bonds. The Morgan fingerprint density at radius 1 is 1.44 bits per heavy atom. The molecule has 0 unspecified atom stereocenters. The van der Waals surface area contributed by atoms with Crippen molar-refractivity contribution >= 4 is 21.7 Å². The van der Waals surface area contributed by atoms with Gasteiger partial charge in [0.2, 0.25) is 0 Å². The van der Waals surface area contributed by atoms with Crippen LogP contribution in [0, 0.1) is 18.2 Å². The summed E-state index contributed by atoms with van der Waals surface area (Å²) in [6.07, 6.45) is 5.81. The summed E-state index contributed by atoms with van der Waals surface area (Å²) in [5.41, 5.74) is -0.623. The highest BCUT2D eigenvalue weighted by Gasteiger charge is 2.50. The number of halogens is 1. The fourth-order valence-electron chi connectivity index (χ4n) is 3.16. The van der Waals surface area contributed by atoms with E-state index in [0.29, 0.717) is 5.56 Å². The summed E-state index contributed by atoms with van der Waals surface area (Å²) >= 11 is 0. The standard InChI is InChI=1S/C19H22FN3O3S/c1-5-12-6-9-15(20)14(10-12)19(4)11-27(26,23-13-7-8-13)18(2,3)16(22-19)21-17(24)25/h1,6,9-10,13H,7-8,11H2,2-4H3,(H,21,22)(H,24,25)/t19-,27+/m0/s1. The number of benzene rings is 1. The molecule has 0 aromatic heterocycles. The maximum absolute atomic E-state index is 14.6. The zero-order valence-electron chi connectivity index (χ0n) is 15.5. The van der Waals surface area contributed by atoms with E-state index in [4.69, 9.17) is 6.42 Å². The number of nitrogens with one attached hydrogen (secondary N) is 1. The van der Waals surface area contributed by atoms with Crippen molar-refractivity contribution < 1.29 is 18.5 Å². The van der Waals surface area contributed by atoms with E-state index in [9.17, 15) is 18.5 Å². The molecule has 1 saturated carbocycles. The summed E-state index contributed by atoms with van der Waals surface area (Å²) in [5, 5.41) is 11.5. The molecular formula is C19H22FN3O3S. The van der Waals surface area contributed by atoms with Crippen molar-refractivity contribution in [1.82, 2.24) is 5.32 Å². The number of amidine groups is 1. The van der Waals surface area contributed by atoms with Crippen LogP contribution in [-0.2, 0) is 15.3 Å². The lowest BCUT2D eigenvalue weighted by Crippen LogP contribution is -2.57. The van der Waals surface area contributed by atoms with Crippen molar-refractivity contribution in [3.63, 3.8) is 0 Å². The van der Waals surface area contributed by atoms with E-state index in [0.717, 1.165) is 12.8 Å². The first-order chi connectivity index (χ1) is 12.5. The maximum atomic E-state index is 14.6. The molecule has 2 N–H and O–H groups in total. The third kappa shape index (κ3) is 3.44. The number of carbonyl (C=O) groups is 1. The molecule has 3 rings (SSSR count). The minimum Gasteiger partial charge on any atom is -0.465 e. The minimum atomic E-state index is -2.94. The molecule has 2 atom stereocenters. The zero-order valence-corrected chi connectivity index (χ0v) is 16.3. The van der Waals surface area contributed by atoms with Gasteiger partial charge in [-0.15, -0.1) is 6.42 Å². The van der Waals surface area contributed by atoms with E-state index >= 15 is 0 Å². The van der Waals surface area contributed by atoms with E-state index in [1.165, 1.54) is 18.2 Å². The molecule has 1 fully saturated rings. The van der Waals surface area contributed by atoms with Crippen LogP contribution in [-0.4, -0.2) is 37.8 Å². The number of carboxylic acid groups (broad SMARTS) is 1. The maximum Gasteiger partial charge on any atom is 0.410 e. The number of amides is 1. The van der Waals surface area contributed by atoms with E-state index < -0.39 is 31.9 Å². The molecule has 2 aliphatic rings. The summed E-state index contributed by atoms with van der Waals surface area (Å²) in [5.74, 6) is 1.92. The van der Waals surface area contributed by atoms with Gasteiger partial charge in [-0.2, -0.15) is 0 Å². The molecule has 1 aromatic rings. The quantitative estimate of drug-likeness (QED) is 0.759. The first kappa shape index (κ1) is 19.4. The van der Waals surface area contributed by atoms with Crippen molar-refractivity contribution in [2.24, 2.45) is 9.36 Å². The molecule has 1 heterocycles. The predicted octanol–water partition coefficient (Wildman–Crippen LogP) is 3.11. The second-order valence-electron chi connectivity index (χ2n) is 7.64.